The quantitative estimate of drug-likeness (QED) is 0.143. The van der Waals surface area contributed by atoms with Crippen LogP contribution in [0.1, 0.15) is 62.3 Å². The van der Waals surface area contributed by atoms with Gasteiger partial charge in [0.2, 0.25) is 0 Å². The van der Waals surface area contributed by atoms with E-state index in [1.54, 1.807) is 0 Å². The summed E-state index contributed by atoms with van der Waals surface area (Å²) in [4.78, 5) is 0. The van der Waals surface area contributed by atoms with Crippen molar-refractivity contribution in [1.82, 2.24) is 0 Å². The first-order chi connectivity index (χ1) is 27.0. The molecule has 0 bridgehead atoms. The Hall–Kier alpha value is -6.18. The minimum Gasteiger partial charge on any atom is -0.456 e. The highest BCUT2D eigenvalue weighted by molar-refractivity contribution is 6.08. The molecule has 8 rings (SSSR count). The third-order valence-electron chi connectivity index (χ3n) is 9.86. The van der Waals surface area contributed by atoms with E-state index >= 15 is 0 Å². The molecule has 1 heterocycles. The Morgan fingerprint density at radius 1 is 0.673 bits per heavy atom. The van der Waals surface area contributed by atoms with Gasteiger partial charge in [0.15, 0.2) is 0 Å². The van der Waals surface area contributed by atoms with Crippen molar-refractivity contribution in [3.63, 3.8) is 0 Å². The summed E-state index contributed by atoms with van der Waals surface area (Å²) in [6.45, 7) is 10.5. The van der Waals surface area contributed by atoms with Crippen LogP contribution in [0.5, 0.6) is 0 Å². The van der Waals surface area contributed by atoms with Crippen LogP contribution >= 0.6 is 0 Å². The summed E-state index contributed by atoms with van der Waals surface area (Å²) in [6, 6.07) is 51.6. The Morgan fingerprint density at radius 2 is 1.36 bits per heavy atom. The van der Waals surface area contributed by atoms with Crippen LogP contribution in [0.25, 0.3) is 49.8 Å². The van der Waals surface area contributed by atoms with Crippen LogP contribution in [0.2, 0.25) is 0 Å². The third-order valence-corrected chi connectivity index (χ3v) is 9.86. The summed E-state index contributed by atoms with van der Waals surface area (Å²) < 4.78 is 6.38. The molecule has 1 aromatic heterocycles. The van der Waals surface area contributed by atoms with Gasteiger partial charge >= 0.3 is 0 Å². The topological polar surface area (TPSA) is 13.1 Å². The summed E-state index contributed by atoms with van der Waals surface area (Å²) in [6.07, 6.45) is 19.6. The number of aryl methyl sites for hydroxylation is 1. The number of fused-ring (bicyclic) bond motifs is 3. The van der Waals surface area contributed by atoms with E-state index in [0.29, 0.717) is 0 Å². The van der Waals surface area contributed by atoms with Crippen molar-refractivity contribution in [2.75, 3.05) is 0 Å². The molecule has 0 spiro atoms. The van der Waals surface area contributed by atoms with Gasteiger partial charge in [-0.25, -0.2) is 0 Å². The fraction of sp³-hybridized carbons (Fsp3) is 0.148. The molecule has 0 saturated heterocycles. The monoisotopic (exact) mass is 716 g/mol. The lowest BCUT2D eigenvalue weighted by Crippen LogP contribution is -1.93. The van der Waals surface area contributed by atoms with E-state index in [-0.39, 0.29) is 5.92 Å². The number of furan rings is 1. The van der Waals surface area contributed by atoms with E-state index in [1.807, 2.05) is 32.0 Å². The molecule has 274 valence electrons. The van der Waals surface area contributed by atoms with E-state index in [9.17, 15) is 0 Å². The molecular weight excluding hydrogens is 665 g/mol. The van der Waals surface area contributed by atoms with Gasteiger partial charge in [-0.2, -0.15) is 0 Å². The number of allylic oxidation sites excluding steroid dienone is 10. The van der Waals surface area contributed by atoms with Gasteiger partial charge in [0, 0.05) is 10.8 Å². The third kappa shape index (κ3) is 10.1. The molecule has 1 nitrogen and oxygen atoms in total. The van der Waals surface area contributed by atoms with E-state index < -0.39 is 0 Å². The first-order valence-electron chi connectivity index (χ1n) is 19.6. The highest BCUT2D eigenvalue weighted by atomic mass is 16.3. The van der Waals surface area contributed by atoms with Gasteiger partial charge in [0.25, 0.3) is 0 Å². The van der Waals surface area contributed by atoms with E-state index in [1.165, 1.54) is 61.0 Å². The molecule has 0 radical (unpaired) electrons. The molecule has 0 saturated carbocycles. The first kappa shape index (κ1) is 38.5. The minimum atomic E-state index is 0.238. The Balaban J connectivity index is 0.000000509. The lowest BCUT2D eigenvalue weighted by atomic mass is 9.90. The molecule has 1 unspecified atom stereocenters. The minimum absolute atomic E-state index is 0.238. The summed E-state index contributed by atoms with van der Waals surface area (Å²) in [5.74, 6) is 0.238. The zero-order valence-electron chi connectivity index (χ0n) is 32.9. The predicted octanol–water partition coefficient (Wildman–Crippen LogP) is 15.7. The Kier molecular flexibility index (Phi) is 13.5. The van der Waals surface area contributed by atoms with Crippen molar-refractivity contribution in [1.29, 1.82) is 0 Å². The first-order valence-corrected chi connectivity index (χ1v) is 19.6. The SMILES string of the molecule is C/C(=C\C=C/C(C)c1cc(-c2ccccc2)cc(-c2ccc3oc4cccc(CC5=CC=CCC=C5)c4c3c2)c1)c1ccccc1.CC.Cc1ccccc1. The molecule has 7 aromatic rings. The highest BCUT2D eigenvalue weighted by Gasteiger charge is 2.15. The van der Waals surface area contributed by atoms with Crippen LogP contribution in [-0.4, -0.2) is 0 Å². The number of hydrogen-bond donors (Lipinski definition) is 0. The van der Waals surface area contributed by atoms with Gasteiger partial charge in [-0.3, -0.25) is 0 Å². The van der Waals surface area contributed by atoms with Crippen LogP contribution < -0.4 is 0 Å². The predicted molar refractivity (Wildman–Crippen MR) is 239 cm³/mol. The Bertz CT molecular complexity index is 2450. The van der Waals surface area contributed by atoms with Crippen LogP contribution in [0.15, 0.2) is 204 Å². The average Bonchev–Trinajstić information content (AvgIpc) is 3.43. The van der Waals surface area contributed by atoms with Gasteiger partial charge in [-0.1, -0.05) is 196 Å². The van der Waals surface area contributed by atoms with Crippen molar-refractivity contribution < 1.29 is 4.42 Å². The molecule has 0 amide bonds. The zero-order valence-corrected chi connectivity index (χ0v) is 32.9. The van der Waals surface area contributed by atoms with Crippen LogP contribution in [0.4, 0.5) is 0 Å². The standard InChI is InChI=1S/C45H38O.C7H8.C2H6/c1-32(35-19-9-5-10-20-35)15-13-16-33(2)39-28-40(36-21-11-6-12-22-36)30-41(29-39)37-25-26-43-42(31-37)45-38(23-14-24-44(45)46-43)27-34-17-7-3-4-8-18-34;1-7-5-3-2-4-6-7;1-2/h3,5-26,28-31,33H,4,27H2,1-2H3;2-6H,1H3;1-2H3/b16-13-,32-15+;;. The Labute approximate surface area is 328 Å². The molecular formula is C54H52O. The van der Waals surface area contributed by atoms with Crippen molar-refractivity contribution in [2.45, 2.75) is 53.4 Å². The average molecular weight is 717 g/mol. The fourth-order valence-corrected chi connectivity index (χ4v) is 6.88. The second-order valence-electron chi connectivity index (χ2n) is 13.8. The molecule has 55 heavy (non-hydrogen) atoms. The largest absolute Gasteiger partial charge is 0.456 e. The van der Waals surface area contributed by atoms with Gasteiger partial charge < -0.3 is 4.42 Å². The lowest BCUT2D eigenvalue weighted by Gasteiger charge is -2.14. The highest BCUT2D eigenvalue weighted by Crippen LogP contribution is 2.37. The summed E-state index contributed by atoms with van der Waals surface area (Å²) in [7, 11) is 0. The Morgan fingerprint density at radius 3 is 2.07 bits per heavy atom. The second-order valence-corrected chi connectivity index (χ2v) is 13.8. The maximum Gasteiger partial charge on any atom is 0.135 e. The summed E-state index contributed by atoms with van der Waals surface area (Å²) in [5.41, 5.74) is 14.4. The van der Waals surface area contributed by atoms with Crippen LogP contribution in [-0.2, 0) is 6.42 Å². The van der Waals surface area contributed by atoms with Gasteiger partial charge in [-0.05, 0) is 107 Å². The zero-order chi connectivity index (χ0) is 38.4. The van der Waals surface area contributed by atoms with E-state index in [0.717, 1.165) is 29.4 Å². The normalized spacial score (nSPS) is 13.1. The number of rotatable bonds is 8. The molecule has 1 atom stereocenters. The molecule has 1 aliphatic carbocycles. The molecule has 0 fully saturated rings. The molecule has 0 aliphatic heterocycles. The smallest absolute Gasteiger partial charge is 0.135 e. The number of benzene rings is 6. The van der Waals surface area contributed by atoms with Crippen molar-refractivity contribution in [2.24, 2.45) is 0 Å². The van der Waals surface area contributed by atoms with Crippen molar-refractivity contribution in [3.8, 4) is 22.3 Å². The second kappa shape index (κ2) is 19.2. The van der Waals surface area contributed by atoms with Gasteiger partial charge in [-0.15, -0.1) is 0 Å². The van der Waals surface area contributed by atoms with E-state index in [4.69, 9.17) is 4.42 Å². The van der Waals surface area contributed by atoms with Crippen LogP contribution in [0, 0.1) is 6.92 Å². The summed E-state index contributed by atoms with van der Waals surface area (Å²) >= 11 is 0. The van der Waals surface area contributed by atoms with Crippen molar-refractivity contribution >= 4 is 27.5 Å². The molecule has 1 aliphatic rings. The van der Waals surface area contributed by atoms with Crippen LogP contribution in [0.3, 0.4) is 0 Å². The number of hydrogen-bond acceptors (Lipinski definition) is 1. The fourth-order valence-electron chi connectivity index (χ4n) is 6.88. The molecule has 0 N–H and O–H groups in total. The van der Waals surface area contributed by atoms with Gasteiger partial charge in [0.05, 0.1) is 0 Å². The summed E-state index contributed by atoms with van der Waals surface area (Å²) in [5, 5.41) is 2.37. The maximum absolute atomic E-state index is 6.38. The van der Waals surface area contributed by atoms with Gasteiger partial charge in [0.1, 0.15) is 11.2 Å². The van der Waals surface area contributed by atoms with Crippen molar-refractivity contribution in [3.05, 3.63) is 222 Å². The molecule has 6 aromatic carbocycles. The van der Waals surface area contributed by atoms with E-state index in [2.05, 4.69) is 197 Å². The lowest BCUT2D eigenvalue weighted by molar-refractivity contribution is 0.669. The molecule has 1 heteroatoms. The maximum atomic E-state index is 6.38.